The van der Waals surface area contributed by atoms with E-state index in [1.54, 1.807) is 0 Å². The average Bonchev–Trinajstić information content (AvgIpc) is 3.41. The molecular formula is C20H22N2O. The highest BCUT2D eigenvalue weighted by Crippen LogP contribution is 2.47. The molecule has 0 spiro atoms. The lowest BCUT2D eigenvalue weighted by molar-refractivity contribution is -0.122. The van der Waals surface area contributed by atoms with Crippen LogP contribution in [0, 0.1) is 5.92 Å². The van der Waals surface area contributed by atoms with E-state index in [-0.39, 0.29) is 11.8 Å². The van der Waals surface area contributed by atoms with Crippen molar-refractivity contribution in [3.63, 3.8) is 0 Å². The maximum atomic E-state index is 12.3. The molecule has 2 atom stereocenters. The zero-order valence-corrected chi connectivity index (χ0v) is 13.4. The van der Waals surface area contributed by atoms with E-state index in [0.29, 0.717) is 5.92 Å². The van der Waals surface area contributed by atoms with Gasteiger partial charge in [-0.1, -0.05) is 74.0 Å². The lowest BCUT2D eigenvalue weighted by atomic mass is 10.1. The number of rotatable bonds is 6. The monoisotopic (exact) mass is 306 g/mol. The fourth-order valence-corrected chi connectivity index (χ4v) is 2.89. The van der Waals surface area contributed by atoms with Crippen molar-refractivity contribution < 1.29 is 4.79 Å². The minimum Gasteiger partial charge on any atom is -0.273 e. The molecule has 23 heavy (non-hydrogen) atoms. The Bertz CT molecular complexity index is 679. The van der Waals surface area contributed by atoms with Crippen molar-refractivity contribution in [2.45, 2.75) is 32.1 Å². The molecule has 1 fully saturated rings. The van der Waals surface area contributed by atoms with Gasteiger partial charge in [0.15, 0.2) is 0 Å². The number of carbonyl (C=O) groups excluding carboxylic acids is 1. The molecule has 2 aromatic rings. The molecule has 0 saturated heterocycles. The Morgan fingerprint density at radius 1 is 1.09 bits per heavy atom. The molecule has 0 aliphatic heterocycles. The standard InChI is InChI=1S/C20H22N2O/c1-2-9-19(16-12-7-4-8-13-16)21-22-20(23)18-14-17(18)15-10-5-3-6-11-15/h3-8,10-13,17-18H,2,9,14H2,1H3,(H,22,23)/b21-19-/t17-,18+/m0/s1. The summed E-state index contributed by atoms with van der Waals surface area (Å²) in [6.07, 6.45) is 2.77. The molecule has 1 saturated carbocycles. The second kappa shape index (κ2) is 7.23. The van der Waals surface area contributed by atoms with Crippen molar-refractivity contribution in [3.8, 4) is 0 Å². The first-order valence-corrected chi connectivity index (χ1v) is 8.26. The highest BCUT2D eigenvalue weighted by Gasteiger charge is 2.43. The van der Waals surface area contributed by atoms with Gasteiger partial charge in [0.1, 0.15) is 0 Å². The van der Waals surface area contributed by atoms with Crippen molar-refractivity contribution in [2.24, 2.45) is 11.0 Å². The lowest BCUT2D eigenvalue weighted by Gasteiger charge is -2.06. The average molecular weight is 306 g/mol. The van der Waals surface area contributed by atoms with Gasteiger partial charge in [0, 0.05) is 5.92 Å². The molecule has 0 aromatic heterocycles. The Balaban J connectivity index is 1.63. The zero-order chi connectivity index (χ0) is 16.1. The van der Waals surface area contributed by atoms with Gasteiger partial charge in [-0.3, -0.25) is 4.79 Å². The molecule has 3 heteroatoms. The van der Waals surface area contributed by atoms with Gasteiger partial charge in [0.05, 0.1) is 5.71 Å². The molecule has 0 heterocycles. The van der Waals surface area contributed by atoms with E-state index < -0.39 is 0 Å². The number of nitrogens with one attached hydrogen (secondary N) is 1. The van der Waals surface area contributed by atoms with E-state index in [1.807, 2.05) is 48.5 Å². The van der Waals surface area contributed by atoms with Crippen LogP contribution in [0.5, 0.6) is 0 Å². The Morgan fingerprint density at radius 2 is 1.74 bits per heavy atom. The molecule has 1 aliphatic carbocycles. The summed E-state index contributed by atoms with van der Waals surface area (Å²) in [4.78, 5) is 12.3. The third-order valence-corrected chi connectivity index (χ3v) is 4.25. The van der Waals surface area contributed by atoms with Gasteiger partial charge in [0.25, 0.3) is 0 Å². The number of hydrazone groups is 1. The molecule has 1 aliphatic rings. The molecule has 1 amide bonds. The fourth-order valence-electron chi connectivity index (χ4n) is 2.89. The largest absolute Gasteiger partial charge is 0.273 e. The summed E-state index contributed by atoms with van der Waals surface area (Å²) in [5.74, 6) is 0.431. The second-order valence-corrected chi connectivity index (χ2v) is 6.01. The fraction of sp³-hybridized carbons (Fsp3) is 0.300. The van der Waals surface area contributed by atoms with Gasteiger partial charge in [-0.05, 0) is 29.9 Å². The van der Waals surface area contributed by atoms with Gasteiger partial charge in [-0.25, -0.2) is 5.43 Å². The van der Waals surface area contributed by atoms with E-state index in [2.05, 4.69) is 29.6 Å². The van der Waals surface area contributed by atoms with Crippen molar-refractivity contribution >= 4 is 11.6 Å². The smallest absolute Gasteiger partial charge is 0.243 e. The third kappa shape index (κ3) is 3.86. The molecule has 2 aromatic carbocycles. The minimum atomic E-state index is 0.0309. The summed E-state index contributed by atoms with van der Waals surface area (Å²) in [5.41, 5.74) is 6.04. The first-order valence-electron chi connectivity index (χ1n) is 8.26. The second-order valence-electron chi connectivity index (χ2n) is 6.01. The summed E-state index contributed by atoms with van der Waals surface area (Å²) >= 11 is 0. The van der Waals surface area contributed by atoms with E-state index in [4.69, 9.17) is 0 Å². The molecule has 118 valence electrons. The Morgan fingerprint density at radius 3 is 2.39 bits per heavy atom. The zero-order valence-electron chi connectivity index (χ0n) is 13.4. The van der Waals surface area contributed by atoms with Crippen molar-refractivity contribution in [1.82, 2.24) is 5.43 Å². The SMILES string of the molecule is CCC/C(=N/NC(=O)[C@@H]1C[C@H]1c1ccccc1)c1ccccc1. The lowest BCUT2D eigenvalue weighted by Crippen LogP contribution is -2.22. The Kier molecular flexibility index (Phi) is 4.86. The Labute approximate surface area is 137 Å². The van der Waals surface area contributed by atoms with Crippen LogP contribution < -0.4 is 5.43 Å². The molecule has 1 N–H and O–H groups in total. The summed E-state index contributed by atoms with van der Waals surface area (Å²) < 4.78 is 0. The van der Waals surface area contributed by atoms with Gasteiger partial charge in [-0.15, -0.1) is 0 Å². The topological polar surface area (TPSA) is 41.5 Å². The number of amides is 1. The minimum absolute atomic E-state index is 0.0309. The molecule has 0 unspecified atom stereocenters. The number of hydrogen-bond donors (Lipinski definition) is 1. The van der Waals surface area contributed by atoms with Crippen molar-refractivity contribution in [2.75, 3.05) is 0 Å². The van der Waals surface area contributed by atoms with Crippen LogP contribution in [0.15, 0.2) is 65.8 Å². The quantitative estimate of drug-likeness (QED) is 0.633. The first kappa shape index (κ1) is 15.5. The van der Waals surface area contributed by atoms with Gasteiger partial charge in [-0.2, -0.15) is 5.10 Å². The van der Waals surface area contributed by atoms with E-state index >= 15 is 0 Å². The third-order valence-electron chi connectivity index (χ3n) is 4.25. The van der Waals surface area contributed by atoms with Gasteiger partial charge < -0.3 is 0 Å². The first-order chi connectivity index (χ1) is 11.3. The molecule has 3 rings (SSSR count). The highest BCUT2D eigenvalue weighted by molar-refractivity contribution is 6.01. The van der Waals surface area contributed by atoms with Crippen LogP contribution in [-0.4, -0.2) is 11.6 Å². The normalized spacial score (nSPS) is 20.1. The summed E-state index contributed by atoms with van der Waals surface area (Å²) in [6, 6.07) is 20.3. The molecule has 3 nitrogen and oxygen atoms in total. The summed E-state index contributed by atoms with van der Waals surface area (Å²) in [5, 5.41) is 4.39. The van der Waals surface area contributed by atoms with Crippen LogP contribution in [0.4, 0.5) is 0 Å². The summed E-state index contributed by atoms with van der Waals surface area (Å²) in [6.45, 7) is 2.12. The van der Waals surface area contributed by atoms with Crippen LogP contribution in [0.3, 0.4) is 0 Å². The van der Waals surface area contributed by atoms with E-state index in [0.717, 1.165) is 30.5 Å². The van der Waals surface area contributed by atoms with Crippen LogP contribution in [0.25, 0.3) is 0 Å². The highest BCUT2D eigenvalue weighted by atomic mass is 16.2. The predicted octanol–water partition coefficient (Wildman–Crippen LogP) is 4.11. The van der Waals surface area contributed by atoms with Crippen LogP contribution in [0.2, 0.25) is 0 Å². The summed E-state index contributed by atoms with van der Waals surface area (Å²) in [7, 11) is 0. The van der Waals surface area contributed by atoms with Crippen molar-refractivity contribution in [3.05, 3.63) is 71.8 Å². The number of nitrogens with zero attached hydrogens (tertiary/aromatic N) is 1. The van der Waals surface area contributed by atoms with Crippen LogP contribution >= 0.6 is 0 Å². The molecule has 0 radical (unpaired) electrons. The maximum absolute atomic E-state index is 12.3. The van der Waals surface area contributed by atoms with Crippen LogP contribution in [-0.2, 0) is 4.79 Å². The predicted molar refractivity (Wildman–Crippen MR) is 93.3 cm³/mol. The van der Waals surface area contributed by atoms with Crippen molar-refractivity contribution in [1.29, 1.82) is 0 Å². The molecular weight excluding hydrogens is 284 g/mol. The van der Waals surface area contributed by atoms with E-state index in [9.17, 15) is 4.79 Å². The number of carbonyl (C=O) groups is 1. The number of hydrogen-bond acceptors (Lipinski definition) is 2. The molecule has 0 bridgehead atoms. The maximum Gasteiger partial charge on any atom is 0.243 e. The van der Waals surface area contributed by atoms with Gasteiger partial charge >= 0.3 is 0 Å². The van der Waals surface area contributed by atoms with Gasteiger partial charge in [0.2, 0.25) is 5.91 Å². The van der Waals surface area contributed by atoms with Crippen LogP contribution in [0.1, 0.15) is 43.2 Å². The Hall–Kier alpha value is -2.42. The van der Waals surface area contributed by atoms with E-state index in [1.165, 1.54) is 5.56 Å². The number of benzene rings is 2.